The number of hydrazine groups is 1. The van der Waals surface area contributed by atoms with Gasteiger partial charge in [0.15, 0.2) is 0 Å². The fraction of sp³-hybridized carbons (Fsp3) is 0.579. The highest BCUT2D eigenvalue weighted by molar-refractivity contribution is 5.62. The summed E-state index contributed by atoms with van der Waals surface area (Å²) >= 11 is 0. The predicted octanol–water partition coefficient (Wildman–Crippen LogP) is 2.45. The third kappa shape index (κ3) is 3.11. The van der Waals surface area contributed by atoms with Crippen molar-refractivity contribution < 1.29 is 9.50 Å². The smallest absolute Gasteiger partial charge is 0.144 e. The van der Waals surface area contributed by atoms with Crippen molar-refractivity contribution in [3.63, 3.8) is 0 Å². The van der Waals surface area contributed by atoms with Gasteiger partial charge in [-0.05, 0) is 24.0 Å². The zero-order valence-corrected chi connectivity index (χ0v) is 16.4. The highest BCUT2D eigenvalue weighted by Crippen LogP contribution is 2.50. The van der Waals surface area contributed by atoms with Crippen molar-refractivity contribution in [1.29, 1.82) is 0 Å². The maximum absolute atomic E-state index is 14.2. The summed E-state index contributed by atoms with van der Waals surface area (Å²) in [7, 11) is 3.80. The number of nitrogens with one attached hydrogen (secondary N) is 2. The van der Waals surface area contributed by atoms with Crippen LogP contribution in [-0.2, 0) is 7.05 Å². The molecule has 0 saturated carbocycles. The molecule has 2 aliphatic heterocycles. The maximum atomic E-state index is 14.2. The van der Waals surface area contributed by atoms with Crippen LogP contribution in [0.15, 0.2) is 18.5 Å². The summed E-state index contributed by atoms with van der Waals surface area (Å²) in [6.07, 6.45) is 1.50. The van der Waals surface area contributed by atoms with Crippen LogP contribution in [0.1, 0.15) is 62.3 Å². The molecule has 1 aromatic carbocycles. The molecule has 146 valence electrons. The number of rotatable bonds is 2. The van der Waals surface area contributed by atoms with Crippen LogP contribution in [0.25, 0.3) is 0 Å². The fourth-order valence-electron chi connectivity index (χ4n) is 4.55. The number of hydrogen-bond donors (Lipinski definition) is 3. The molecule has 8 heteroatoms. The van der Waals surface area contributed by atoms with Gasteiger partial charge in [0.05, 0.1) is 12.0 Å². The summed E-state index contributed by atoms with van der Waals surface area (Å²) in [5, 5.41) is 20.2. The van der Waals surface area contributed by atoms with Crippen molar-refractivity contribution in [2.75, 3.05) is 12.4 Å². The molecule has 2 unspecified atom stereocenters. The van der Waals surface area contributed by atoms with Crippen LogP contribution in [0.2, 0.25) is 0 Å². The molecule has 2 aromatic rings. The summed E-state index contributed by atoms with van der Waals surface area (Å²) < 4.78 is 16.0. The fourth-order valence-corrected chi connectivity index (χ4v) is 4.55. The molecule has 0 spiro atoms. The largest absolute Gasteiger partial charge is 0.381 e. The molecule has 0 saturated heterocycles. The van der Waals surface area contributed by atoms with E-state index in [4.69, 9.17) is 0 Å². The number of aromatic nitrogens is 3. The summed E-state index contributed by atoms with van der Waals surface area (Å²) in [5.41, 5.74) is 5.36. The van der Waals surface area contributed by atoms with Gasteiger partial charge in [0, 0.05) is 37.0 Å². The minimum absolute atomic E-state index is 0.0153. The molecule has 27 heavy (non-hydrogen) atoms. The average molecular weight is 374 g/mol. The molecule has 3 N–H and O–H groups in total. The van der Waals surface area contributed by atoms with Crippen molar-refractivity contribution >= 4 is 5.69 Å². The number of nitrogens with zero attached hydrogens (tertiary/aromatic N) is 4. The summed E-state index contributed by atoms with van der Waals surface area (Å²) in [6, 6.07) is 2.88. The maximum Gasteiger partial charge on any atom is 0.144 e. The van der Waals surface area contributed by atoms with Crippen LogP contribution < -0.4 is 10.7 Å². The van der Waals surface area contributed by atoms with Gasteiger partial charge in [0.1, 0.15) is 24.2 Å². The van der Waals surface area contributed by atoms with E-state index < -0.39 is 6.23 Å². The highest BCUT2D eigenvalue weighted by Gasteiger charge is 2.47. The number of benzene rings is 1. The van der Waals surface area contributed by atoms with E-state index >= 15 is 0 Å². The number of hydrogen-bond acceptors (Lipinski definition) is 6. The predicted molar refractivity (Wildman–Crippen MR) is 100 cm³/mol. The Morgan fingerprint density at radius 2 is 2.00 bits per heavy atom. The van der Waals surface area contributed by atoms with Crippen LogP contribution >= 0.6 is 0 Å². The minimum Gasteiger partial charge on any atom is -0.381 e. The summed E-state index contributed by atoms with van der Waals surface area (Å²) in [4.78, 5) is 4.54. The van der Waals surface area contributed by atoms with E-state index in [2.05, 4.69) is 41.6 Å². The van der Waals surface area contributed by atoms with Crippen molar-refractivity contribution in [3.05, 3.63) is 41.2 Å². The van der Waals surface area contributed by atoms with Crippen molar-refractivity contribution in [3.8, 4) is 0 Å². The Labute approximate surface area is 158 Å². The second-order valence-corrected chi connectivity index (χ2v) is 8.83. The van der Waals surface area contributed by atoms with Crippen LogP contribution in [0.5, 0.6) is 0 Å². The molecule has 4 rings (SSSR count). The van der Waals surface area contributed by atoms with Gasteiger partial charge in [0.2, 0.25) is 0 Å². The van der Waals surface area contributed by atoms with Crippen molar-refractivity contribution in [1.82, 2.24) is 25.2 Å². The first kappa shape index (κ1) is 18.3. The number of aliphatic hydroxyl groups is 1. The van der Waals surface area contributed by atoms with Crippen LogP contribution in [0, 0.1) is 11.2 Å². The molecule has 0 fully saturated rings. The topological polar surface area (TPSA) is 78.2 Å². The van der Waals surface area contributed by atoms with E-state index in [1.807, 2.05) is 19.1 Å². The summed E-state index contributed by atoms with van der Waals surface area (Å²) in [5.74, 6) is 0.498. The minimum atomic E-state index is -0.947. The van der Waals surface area contributed by atoms with Crippen molar-refractivity contribution in [2.24, 2.45) is 12.5 Å². The van der Waals surface area contributed by atoms with Gasteiger partial charge in [-0.1, -0.05) is 20.8 Å². The molecule has 2 aliphatic rings. The number of halogens is 1. The third-order valence-corrected chi connectivity index (χ3v) is 5.50. The van der Waals surface area contributed by atoms with Gasteiger partial charge in [-0.25, -0.2) is 19.8 Å². The van der Waals surface area contributed by atoms with Gasteiger partial charge in [-0.15, -0.1) is 0 Å². The Hall–Kier alpha value is -2.03. The Bertz CT molecular complexity index is 860. The second-order valence-electron chi connectivity index (χ2n) is 8.83. The number of anilines is 1. The quantitative estimate of drug-likeness (QED) is 0.750. The summed E-state index contributed by atoms with van der Waals surface area (Å²) in [6.45, 7) is 6.59. The normalized spacial score (nSPS) is 28.0. The van der Waals surface area contributed by atoms with Crippen LogP contribution in [-0.4, -0.2) is 38.0 Å². The highest BCUT2D eigenvalue weighted by atomic mass is 19.1. The molecule has 1 aromatic heterocycles. The monoisotopic (exact) mass is 374 g/mol. The lowest BCUT2D eigenvalue weighted by atomic mass is 9.73. The van der Waals surface area contributed by atoms with E-state index in [0.717, 1.165) is 23.5 Å². The lowest BCUT2D eigenvalue weighted by Crippen LogP contribution is -2.53. The number of aryl methyl sites for hydroxylation is 1. The Kier molecular flexibility index (Phi) is 4.25. The molecule has 7 nitrogen and oxygen atoms in total. The molecular formula is C19H27FN6O. The zero-order valence-electron chi connectivity index (χ0n) is 16.4. The average Bonchev–Trinajstić information content (AvgIpc) is 2.95. The van der Waals surface area contributed by atoms with Gasteiger partial charge in [-0.3, -0.25) is 4.68 Å². The lowest BCUT2D eigenvalue weighted by Gasteiger charge is -2.49. The van der Waals surface area contributed by atoms with Gasteiger partial charge < -0.3 is 10.4 Å². The standard InChI is InChI=1S/C19H27FN6O/c1-19(2,3)8-13-15(17-21-9-22-26(17)5)16-14-11(18(27)24-25(16)4)6-10(20)7-12(14)23-13/h6-7,9,13,15-16,18,23-24,27H,8H2,1-5H3/t13-,15-,16?,18?/m1/s1. The number of aliphatic hydroxyl groups excluding tert-OH is 1. The first-order valence-electron chi connectivity index (χ1n) is 9.26. The third-order valence-electron chi connectivity index (χ3n) is 5.50. The zero-order chi connectivity index (χ0) is 19.5. The molecule has 4 atom stereocenters. The van der Waals surface area contributed by atoms with Crippen LogP contribution in [0.3, 0.4) is 0 Å². The van der Waals surface area contributed by atoms with E-state index in [1.165, 1.54) is 12.1 Å². The van der Waals surface area contributed by atoms with E-state index in [0.29, 0.717) is 5.56 Å². The van der Waals surface area contributed by atoms with Gasteiger partial charge >= 0.3 is 0 Å². The number of likely N-dealkylation sites (N-methyl/N-ethyl adjacent to an activating group) is 1. The first-order valence-corrected chi connectivity index (χ1v) is 9.26. The Morgan fingerprint density at radius 3 is 2.63 bits per heavy atom. The Balaban J connectivity index is 1.91. The molecule has 0 aliphatic carbocycles. The van der Waals surface area contributed by atoms with Crippen molar-refractivity contribution in [2.45, 2.75) is 51.4 Å². The Morgan fingerprint density at radius 1 is 1.26 bits per heavy atom. The molecule has 3 heterocycles. The molecule has 0 bridgehead atoms. The van der Waals surface area contributed by atoms with E-state index in [1.54, 1.807) is 11.0 Å². The van der Waals surface area contributed by atoms with Gasteiger partial charge in [-0.2, -0.15) is 5.10 Å². The van der Waals surface area contributed by atoms with Gasteiger partial charge in [0.25, 0.3) is 0 Å². The van der Waals surface area contributed by atoms with E-state index in [-0.39, 0.29) is 29.2 Å². The first-order chi connectivity index (χ1) is 12.7. The molecule has 0 radical (unpaired) electrons. The molecule has 0 amide bonds. The van der Waals surface area contributed by atoms with Crippen LogP contribution in [0.4, 0.5) is 10.1 Å². The molecular weight excluding hydrogens is 347 g/mol. The second kappa shape index (κ2) is 6.25. The lowest BCUT2D eigenvalue weighted by molar-refractivity contribution is -0.00850. The SMILES string of the molecule is CN1NC(O)c2cc(F)cc3c2C1[C@H](c1ncnn1C)[C@@H](CC(C)(C)C)N3. The van der Waals surface area contributed by atoms with E-state index in [9.17, 15) is 9.50 Å².